The van der Waals surface area contributed by atoms with Crippen LogP contribution in [0.5, 0.6) is 17.2 Å². The van der Waals surface area contributed by atoms with E-state index in [-0.39, 0.29) is 36.7 Å². The van der Waals surface area contributed by atoms with Gasteiger partial charge in [0.05, 0.1) is 26.2 Å². The van der Waals surface area contributed by atoms with Crippen LogP contribution in [0.25, 0.3) is 0 Å². The molecule has 0 saturated heterocycles. The van der Waals surface area contributed by atoms with Gasteiger partial charge in [-0.2, -0.15) is 0 Å². The summed E-state index contributed by atoms with van der Waals surface area (Å²) in [5, 5.41) is 9.47. The van der Waals surface area contributed by atoms with Crippen molar-refractivity contribution in [3.63, 3.8) is 0 Å². The van der Waals surface area contributed by atoms with E-state index < -0.39 is 11.7 Å². The van der Waals surface area contributed by atoms with Crippen LogP contribution in [0.4, 0.5) is 0 Å². The smallest absolute Gasteiger partial charge is 0.330 e. The van der Waals surface area contributed by atoms with Gasteiger partial charge in [0.25, 0.3) is 5.56 Å². The number of benzene rings is 2. The Morgan fingerprint density at radius 1 is 1.15 bits per heavy atom. The first-order valence-corrected chi connectivity index (χ1v) is 13.6. The number of hydrogen-bond donors (Lipinski definition) is 1. The number of carboxylic acids is 1. The van der Waals surface area contributed by atoms with Gasteiger partial charge in [0.1, 0.15) is 12.4 Å². The maximum Gasteiger partial charge on any atom is 0.330 e. The standard InChI is InChI=1S/C30H35N3O7/c1-19(21-5-7-25-22(15-21)9-12-39-25)33(24-16-23(17-24)29(35)36)18-20-4-6-26(27(14-20)38-3)40-13-11-32-28(34)8-10-31(2)30(32)37/h4-8,10,14-15,19,23-24H,9,11-13,16-18H2,1-3H3,(H,35,36). The van der Waals surface area contributed by atoms with Gasteiger partial charge < -0.3 is 23.9 Å². The number of nitrogens with zero attached hydrogens (tertiary/aromatic N) is 3. The molecule has 1 aromatic heterocycles. The minimum absolute atomic E-state index is 0.0689. The monoisotopic (exact) mass is 549 g/mol. The summed E-state index contributed by atoms with van der Waals surface area (Å²) in [6.07, 6.45) is 3.57. The van der Waals surface area contributed by atoms with E-state index in [1.807, 2.05) is 24.3 Å². The quantitative estimate of drug-likeness (QED) is 0.389. The summed E-state index contributed by atoms with van der Waals surface area (Å²) < 4.78 is 19.7. The molecule has 1 N–H and O–H groups in total. The highest BCUT2D eigenvalue weighted by molar-refractivity contribution is 5.71. The Kier molecular flexibility index (Phi) is 7.97. The lowest BCUT2D eigenvalue weighted by molar-refractivity contribution is -0.147. The molecule has 5 rings (SSSR count). The summed E-state index contributed by atoms with van der Waals surface area (Å²) in [7, 11) is 3.16. The Bertz CT molecular complexity index is 1510. The molecule has 1 fully saturated rings. The molecule has 0 bridgehead atoms. The minimum atomic E-state index is -0.739. The van der Waals surface area contributed by atoms with E-state index in [9.17, 15) is 19.5 Å². The van der Waals surface area contributed by atoms with Crippen LogP contribution in [-0.2, 0) is 31.4 Å². The van der Waals surface area contributed by atoms with E-state index in [0.29, 0.717) is 37.5 Å². The molecule has 40 heavy (non-hydrogen) atoms. The number of ether oxygens (including phenoxy) is 3. The maximum atomic E-state index is 12.3. The van der Waals surface area contributed by atoms with Gasteiger partial charge >= 0.3 is 11.7 Å². The van der Waals surface area contributed by atoms with Gasteiger partial charge in [0.15, 0.2) is 11.5 Å². The molecule has 1 aliphatic carbocycles. The number of hydrogen-bond acceptors (Lipinski definition) is 7. The van der Waals surface area contributed by atoms with Crippen molar-refractivity contribution in [3.8, 4) is 17.2 Å². The summed E-state index contributed by atoms with van der Waals surface area (Å²) >= 11 is 0. The van der Waals surface area contributed by atoms with Gasteiger partial charge in [-0.05, 0) is 54.7 Å². The lowest BCUT2D eigenvalue weighted by Gasteiger charge is -2.44. The topological polar surface area (TPSA) is 112 Å². The molecular formula is C30H35N3O7. The van der Waals surface area contributed by atoms with Crippen LogP contribution < -0.4 is 25.5 Å². The Hall–Kier alpha value is -4.05. The lowest BCUT2D eigenvalue weighted by Crippen LogP contribution is -2.47. The van der Waals surface area contributed by atoms with Crippen molar-refractivity contribution in [1.29, 1.82) is 0 Å². The predicted molar refractivity (Wildman–Crippen MR) is 148 cm³/mol. The fraction of sp³-hybridized carbons (Fsp3) is 0.433. The minimum Gasteiger partial charge on any atom is -0.493 e. The van der Waals surface area contributed by atoms with Crippen molar-refractivity contribution in [2.45, 2.75) is 51.4 Å². The van der Waals surface area contributed by atoms with E-state index in [0.717, 1.165) is 22.3 Å². The number of rotatable bonds is 11. The molecule has 0 radical (unpaired) electrons. The summed E-state index contributed by atoms with van der Waals surface area (Å²) in [6.45, 7) is 3.71. The van der Waals surface area contributed by atoms with Gasteiger partial charge in [-0.1, -0.05) is 18.2 Å². The van der Waals surface area contributed by atoms with E-state index in [1.54, 1.807) is 14.2 Å². The van der Waals surface area contributed by atoms with Crippen LogP contribution in [-0.4, -0.2) is 51.5 Å². The van der Waals surface area contributed by atoms with Crippen molar-refractivity contribution in [1.82, 2.24) is 14.0 Å². The van der Waals surface area contributed by atoms with Crippen LogP contribution in [0.1, 0.15) is 42.5 Å². The van der Waals surface area contributed by atoms with E-state index >= 15 is 0 Å². The summed E-state index contributed by atoms with van der Waals surface area (Å²) in [6, 6.07) is 13.6. The van der Waals surface area contributed by atoms with Crippen molar-refractivity contribution in [2.24, 2.45) is 13.0 Å². The molecule has 1 saturated carbocycles. The number of aryl methyl sites for hydroxylation is 1. The zero-order valence-electron chi connectivity index (χ0n) is 23.0. The SMILES string of the molecule is COc1cc(CN(C2CC(C(=O)O)C2)C(C)c2ccc3c(c2)CCO3)ccc1OCCn1c(=O)ccn(C)c1=O. The van der Waals surface area contributed by atoms with Crippen molar-refractivity contribution in [2.75, 3.05) is 20.3 Å². The fourth-order valence-corrected chi connectivity index (χ4v) is 5.51. The number of carboxylic acid groups (broad SMARTS) is 1. The van der Waals surface area contributed by atoms with Crippen LogP contribution in [0.2, 0.25) is 0 Å². The molecule has 212 valence electrons. The normalized spacial score (nSPS) is 18.5. The number of aliphatic carboxylic acids is 1. The van der Waals surface area contributed by atoms with Crippen LogP contribution in [0.3, 0.4) is 0 Å². The highest BCUT2D eigenvalue weighted by atomic mass is 16.5. The Balaban J connectivity index is 1.32. The second kappa shape index (κ2) is 11.6. The first kappa shape index (κ1) is 27.5. The van der Waals surface area contributed by atoms with Crippen molar-refractivity contribution < 1.29 is 24.1 Å². The largest absolute Gasteiger partial charge is 0.493 e. The van der Waals surface area contributed by atoms with E-state index in [4.69, 9.17) is 14.2 Å². The molecule has 2 heterocycles. The van der Waals surface area contributed by atoms with Gasteiger partial charge in [-0.3, -0.25) is 19.1 Å². The Morgan fingerprint density at radius 3 is 2.70 bits per heavy atom. The molecule has 10 heteroatoms. The zero-order chi connectivity index (χ0) is 28.4. The second-order valence-electron chi connectivity index (χ2n) is 10.5. The molecule has 1 aliphatic heterocycles. The average molecular weight is 550 g/mol. The lowest BCUT2D eigenvalue weighted by atomic mass is 9.78. The summed E-state index contributed by atoms with van der Waals surface area (Å²) in [5.41, 5.74) is 2.62. The third kappa shape index (κ3) is 5.62. The van der Waals surface area contributed by atoms with Crippen LogP contribution in [0.15, 0.2) is 58.3 Å². The van der Waals surface area contributed by atoms with E-state index in [1.165, 1.54) is 28.0 Å². The van der Waals surface area contributed by atoms with Crippen LogP contribution in [0, 0.1) is 5.92 Å². The molecule has 1 atom stereocenters. The molecule has 2 aromatic carbocycles. The third-order valence-corrected chi connectivity index (χ3v) is 8.03. The number of methoxy groups -OCH3 is 1. The Labute approximate surface area is 232 Å². The fourth-order valence-electron chi connectivity index (χ4n) is 5.51. The third-order valence-electron chi connectivity index (χ3n) is 8.03. The second-order valence-corrected chi connectivity index (χ2v) is 10.5. The first-order valence-electron chi connectivity index (χ1n) is 13.6. The van der Waals surface area contributed by atoms with E-state index in [2.05, 4.69) is 24.0 Å². The summed E-state index contributed by atoms with van der Waals surface area (Å²) in [4.78, 5) is 38.2. The molecule has 2 aliphatic rings. The molecule has 0 amide bonds. The van der Waals surface area contributed by atoms with Gasteiger partial charge in [-0.15, -0.1) is 0 Å². The highest BCUT2D eigenvalue weighted by Gasteiger charge is 2.40. The van der Waals surface area contributed by atoms with Gasteiger partial charge in [0, 0.05) is 44.4 Å². The van der Waals surface area contributed by atoms with Gasteiger partial charge in [-0.25, -0.2) is 4.79 Å². The number of carbonyl (C=O) groups is 1. The number of aromatic nitrogens is 2. The van der Waals surface area contributed by atoms with Crippen molar-refractivity contribution >= 4 is 5.97 Å². The predicted octanol–water partition coefficient (Wildman–Crippen LogP) is 3.00. The molecule has 10 nitrogen and oxygen atoms in total. The first-order chi connectivity index (χ1) is 19.2. The van der Waals surface area contributed by atoms with Crippen molar-refractivity contribution in [3.05, 3.63) is 86.2 Å². The maximum absolute atomic E-state index is 12.3. The average Bonchev–Trinajstić information content (AvgIpc) is 3.39. The molecule has 1 unspecified atom stereocenters. The van der Waals surface area contributed by atoms with Gasteiger partial charge in [0.2, 0.25) is 0 Å². The molecular weight excluding hydrogens is 514 g/mol. The molecule has 3 aromatic rings. The highest BCUT2D eigenvalue weighted by Crippen LogP contribution is 2.39. The number of fused-ring (bicyclic) bond motifs is 1. The Morgan fingerprint density at radius 2 is 1.95 bits per heavy atom. The zero-order valence-corrected chi connectivity index (χ0v) is 23.0. The van der Waals surface area contributed by atoms with Crippen LogP contribution >= 0.6 is 0 Å². The summed E-state index contributed by atoms with van der Waals surface area (Å²) in [5.74, 6) is 0.949. The molecule has 0 spiro atoms.